The number of ether oxygens (including phenoxy) is 4. The normalized spacial score (nSPS) is 11.7. The second-order valence-electron chi connectivity index (χ2n) is 8.81. The molecule has 0 saturated carbocycles. The lowest BCUT2D eigenvalue weighted by atomic mass is 10.0. The van der Waals surface area contributed by atoms with Gasteiger partial charge in [-0.25, -0.2) is 0 Å². The van der Waals surface area contributed by atoms with Crippen LogP contribution in [0.1, 0.15) is 24.5 Å². The fourth-order valence-corrected chi connectivity index (χ4v) is 4.65. The van der Waals surface area contributed by atoms with Crippen LogP contribution < -0.4 is 23.8 Å². The predicted molar refractivity (Wildman–Crippen MR) is 148 cm³/mol. The number of carbonyl (C=O) groups excluding carboxylic acids is 1. The number of fused-ring (bicyclic) bond motifs is 1. The molecule has 200 valence electrons. The summed E-state index contributed by atoms with van der Waals surface area (Å²) in [6.07, 6.45) is 2.70. The number of para-hydroxylation sites is 3. The fourth-order valence-electron chi connectivity index (χ4n) is 4.65. The number of aliphatic hydroxyl groups is 1. The van der Waals surface area contributed by atoms with Gasteiger partial charge in [-0.2, -0.15) is 0 Å². The highest BCUT2D eigenvalue weighted by molar-refractivity contribution is 5.95. The molecule has 1 aromatic heterocycles. The van der Waals surface area contributed by atoms with Gasteiger partial charge in [-0.05, 0) is 47.9 Å². The summed E-state index contributed by atoms with van der Waals surface area (Å²) in [5.74, 6) is 1.98. The Labute approximate surface area is 222 Å². The minimum Gasteiger partial charge on any atom is -0.493 e. The molecule has 0 aliphatic heterocycles. The van der Waals surface area contributed by atoms with Gasteiger partial charge < -0.3 is 33.9 Å². The second-order valence-corrected chi connectivity index (χ2v) is 8.81. The van der Waals surface area contributed by atoms with E-state index in [9.17, 15) is 9.90 Å². The molecule has 8 heteroatoms. The lowest BCUT2D eigenvalue weighted by Gasteiger charge is -2.32. The monoisotopic (exact) mass is 518 g/mol. The van der Waals surface area contributed by atoms with Crippen molar-refractivity contribution in [3.05, 3.63) is 78.0 Å². The number of rotatable bonds is 12. The molecule has 2 N–H and O–H groups in total. The van der Waals surface area contributed by atoms with Crippen molar-refractivity contribution < 1.29 is 28.8 Å². The first-order valence-electron chi connectivity index (χ1n) is 12.5. The Balaban J connectivity index is 1.64. The quantitative estimate of drug-likeness (QED) is 0.270. The first-order valence-corrected chi connectivity index (χ1v) is 12.5. The smallest absolute Gasteiger partial charge is 0.227 e. The molecule has 4 aromatic rings. The van der Waals surface area contributed by atoms with E-state index in [2.05, 4.69) is 4.98 Å². The largest absolute Gasteiger partial charge is 0.493 e. The number of benzene rings is 3. The van der Waals surface area contributed by atoms with Gasteiger partial charge in [0.05, 0.1) is 39.7 Å². The summed E-state index contributed by atoms with van der Waals surface area (Å²) < 4.78 is 22.6. The van der Waals surface area contributed by atoms with Gasteiger partial charge in [0.25, 0.3) is 0 Å². The highest BCUT2D eigenvalue weighted by Crippen LogP contribution is 2.39. The number of aromatic amines is 1. The van der Waals surface area contributed by atoms with Gasteiger partial charge in [0, 0.05) is 23.5 Å². The molecule has 0 spiro atoms. The zero-order valence-corrected chi connectivity index (χ0v) is 22.2. The van der Waals surface area contributed by atoms with Crippen LogP contribution in [-0.4, -0.2) is 50.0 Å². The number of carbonyl (C=O) groups is 1. The number of nitrogens with one attached hydrogen (secondary N) is 1. The Morgan fingerprint density at radius 1 is 0.947 bits per heavy atom. The fraction of sp³-hybridized carbons (Fsp3) is 0.300. The predicted octanol–water partition coefficient (Wildman–Crippen LogP) is 5.12. The molecule has 0 radical (unpaired) electrons. The molecule has 3 aromatic carbocycles. The van der Waals surface area contributed by atoms with Gasteiger partial charge in [0.1, 0.15) is 12.4 Å². The summed E-state index contributed by atoms with van der Waals surface area (Å²) in [7, 11) is 4.68. The molecule has 0 bridgehead atoms. The van der Waals surface area contributed by atoms with Crippen molar-refractivity contribution in [1.82, 2.24) is 4.98 Å². The van der Waals surface area contributed by atoms with Crippen molar-refractivity contribution >= 4 is 22.5 Å². The summed E-state index contributed by atoms with van der Waals surface area (Å²) in [6, 6.07) is 18.6. The molecular formula is C30H34N2O6. The Bertz CT molecular complexity index is 1360. The SMILES string of the molecule is CCC(=O)N(c1ccccc1OCc1cc(OC)c(OC)c(OC)c1)[C@@H](CO)Cc1c[nH]c2ccccc12. The molecule has 1 amide bonds. The van der Waals surface area contributed by atoms with Crippen LogP contribution in [0.3, 0.4) is 0 Å². The third-order valence-corrected chi connectivity index (χ3v) is 6.52. The van der Waals surface area contributed by atoms with Crippen LogP contribution >= 0.6 is 0 Å². The zero-order valence-electron chi connectivity index (χ0n) is 22.2. The summed E-state index contributed by atoms with van der Waals surface area (Å²) in [4.78, 5) is 18.2. The third kappa shape index (κ3) is 5.55. The summed E-state index contributed by atoms with van der Waals surface area (Å²) in [6.45, 7) is 1.81. The number of anilines is 1. The maximum Gasteiger partial charge on any atom is 0.227 e. The van der Waals surface area contributed by atoms with Crippen molar-refractivity contribution in [3.63, 3.8) is 0 Å². The molecular weight excluding hydrogens is 484 g/mol. The first kappa shape index (κ1) is 26.9. The van der Waals surface area contributed by atoms with E-state index in [1.807, 2.05) is 73.8 Å². The molecule has 0 fully saturated rings. The summed E-state index contributed by atoms with van der Waals surface area (Å²) in [5.41, 5.74) is 3.46. The lowest BCUT2D eigenvalue weighted by Crippen LogP contribution is -2.44. The van der Waals surface area contributed by atoms with Crippen molar-refractivity contribution in [2.24, 2.45) is 0 Å². The summed E-state index contributed by atoms with van der Waals surface area (Å²) in [5, 5.41) is 11.5. The minimum atomic E-state index is -0.479. The van der Waals surface area contributed by atoms with E-state index in [-0.39, 0.29) is 25.5 Å². The van der Waals surface area contributed by atoms with E-state index in [1.165, 1.54) is 0 Å². The van der Waals surface area contributed by atoms with E-state index >= 15 is 0 Å². The van der Waals surface area contributed by atoms with Crippen molar-refractivity contribution in [2.45, 2.75) is 32.4 Å². The van der Waals surface area contributed by atoms with Crippen LogP contribution in [0, 0.1) is 0 Å². The maximum atomic E-state index is 13.3. The van der Waals surface area contributed by atoms with Gasteiger partial charge >= 0.3 is 0 Å². The van der Waals surface area contributed by atoms with Crippen molar-refractivity contribution in [2.75, 3.05) is 32.8 Å². The van der Waals surface area contributed by atoms with Crippen LogP contribution in [0.4, 0.5) is 5.69 Å². The molecule has 1 atom stereocenters. The number of methoxy groups -OCH3 is 3. The van der Waals surface area contributed by atoms with Crippen LogP contribution in [-0.2, 0) is 17.8 Å². The molecule has 8 nitrogen and oxygen atoms in total. The summed E-state index contributed by atoms with van der Waals surface area (Å²) >= 11 is 0. The van der Waals surface area contributed by atoms with Crippen LogP contribution in [0.15, 0.2) is 66.9 Å². The highest BCUT2D eigenvalue weighted by atomic mass is 16.5. The van der Waals surface area contributed by atoms with E-state index in [4.69, 9.17) is 18.9 Å². The van der Waals surface area contributed by atoms with Gasteiger partial charge in [-0.1, -0.05) is 37.3 Å². The van der Waals surface area contributed by atoms with Gasteiger partial charge in [0.2, 0.25) is 11.7 Å². The molecule has 1 heterocycles. The number of aromatic nitrogens is 1. The molecule has 0 aliphatic rings. The Kier molecular flexibility index (Phi) is 8.76. The average molecular weight is 519 g/mol. The van der Waals surface area contributed by atoms with E-state index in [0.717, 1.165) is 22.0 Å². The number of H-pyrrole nitrogens is 1. The highest BCUT2D eigenvalue weighted by Gasteiger charge is 2.27. The maximum absolute atomic E-state index is 13.3. The molecule has 4 rings (SSSR count). The molecule has 38 heavy (non-hydrogen) atoms. The van der Waals surface area contributed by atoms with Crippen molar-refractivity contribution in [1.29, 1.82) is 0 Å². The third-order valence-electron chi connectivity index (χ3n) is 6.52. The number of amides is 1. The molecule has 0 unspecified atom stereocenters. The standard InChI is InChI=1S/C30H34N2O6/c1-5-29(34)32(22(18-33)16-21-17-31-24-11-7-6-10-23(21)24)25-12-8-9-13-26(25)38-19-20-14-27(35-2)30(37-4)28(15-20)36-3/h6-15,17,22,31,33H,5,16,18-19H2,1-4H3/t22-/m1/s1. The van der Waals surface area contributed by atoms with E-state index in [0.29, 0.717) is 35.1 Å². The van der Waals surface area contributed by atoms with Crippen LogP contribution in [0.5, 0.6) is 23.0 Å². The van der Waals surface area contributed by atoms with Gasteiger partial charge in [-0.15, -0.1) is 0 Å². The van der Waals surface area contributed by atoms with Crippen molar-refractivity contribution in [3.8, 4) is 23.0 Å². The van der Waals surface area contributed by atoms with Crippen LogP contribution in [0.25, 0.3) is 10.9 Å². The Morgan fingerprint density at radius 3 is 2.29 bits per heavy atom. The molecule has 0 saturated heterocycles. The van der Waals surface area contributed by atoms with E-state index < -0.39 is 6.04 Å². The average Bonchev–Trinajstić information content (AvgIpc) is 3.37. The first-order chi connectivity index (χ1) is 18.5. The number of aliphatic hydroxyl groups excluding tert-OH is 1. The number of nitrogens with zero attached hydrogens (tertiary/aromatic N) is 1. The van der Waals surface area contributed by atoms with Gasteiger partial charge in [0.15, 0.2) is 11.5 Å². The zero-order chi connectivity index (χ0) is 27.1. The number of hydrogen-bond donors (Lipinski definition) is 2. The molecule has 0 aliphatic carbocycles. The van der Waals surface area contributed by atoms with Gasteiger partial charge in [-0.3, -0.25) is 4.79 Å². The topological polar surface area (TPSA) is 93.2 Å². The van der Waals surface area contributed by atoms with Crippen LogP contribution in [0.2, 0.25) is 0 Å². The minimum absolute atomic E-state index is 0.104. The second kappa shape index (κ2) is 12.4. The van der Waals surface area contributed by atoms with E-state index in [1.54, 1.807) is 26.2 Å². The Morgan fingerprint density at radius 2 is 1.63 bits per heavy atom. The Hall–Kier alpha value is -4.17. The lowest BCUT2D eigenvalue weighted by molar-refractivity contribution is -0.119. The number of hydrogen-bond acceptors (Lipinski definition) is 6.